The fourth-order valence-corrected chi connectivity index (χ4v) is 2.45. The number of amides is 1. The third-order valence-corrected chi connectivity index (χ3v) is 4.70. The van der Waals surface area contributed by atoms with Crippen LogP contribution in [0.2, 0.25) is 0 Å². The Hall–Kier alpha value is -1.56. The lowest BCUT2D eigenvalue weighted by molar-refractivity contribution is 0.0949. The molecule has 0 aromatic heterocycles. The maximum Gasteiger partial charge on any atom is 0.255 e. The van der Waals surface area contributed by atoms with Crippen LogP contribution in [0.1, 0.15) is 23.7 Å². The van der Waals surface area contributed by atoms with Crippen molar-refractivity contribution in [3.05, 3.63) is 23.8 Å². The molecule has 20 heavy (non-hydrogen) atoms. The summed E-state index contributed by atoms with van der Waals surface area (Å²) in [6, 6.07) is 5.48. The van der Waals surface area contributed by atoms with E-state index in [1.807, 2.05) is 19.1 Å². The van der Waals surface area contributed by atoms with Gasteiger partial charge in [-0.25, -0.2) is 0 Å². The molecule has 6 heteroatoms. The van der Waals surface area contributed by atoms with Crippen molar-refractivity contribution in [3.8, 4) is 5.75 Å². The summed E-state index contributed by atoms with van der Waals surface area (Å²) < 4.78 is 16.8. The first-order valence-corrected chi connectivity index (χ1v) is 8.32. The Morgan fingerprint density at radius 2 is 2.35 bits per heavy atom. The van der Waals surface area contributed by atoms with Crippen LogP contribution in [0.15, 0.2) is 18.2 Å². The molecule has 2 atom stereocenters. The van der Waals surface area contributed by atoms with E-state index in [1.165, 1.54) is 0 Å². The molecule has 1 amide bonds. The van der Waals surface area contributed by atoms with Crippen LogP contribution in [0.5, 0.6) is 5.75 Å². The second-order valence-corrected chi connectivity index (χ2v) is 6.61. The lowest BCUT2D eigenvalue weighted by Gasteiger charge is -2.21. The third kappa shape index (κ3) is 3.50. The molecule has 2 N–H and O–H groups in total. The van der Waals surface area contributed by atoms with Crippen LogP contribution >= 0.6 is 0 Å². The summed E-state index contributed by atoms with van der Waals surface area (Å²) in [4.78, 5) is 12.2. The molecule has 0 radical (unpaired) electrons. The zero-order chi connectivity index (χ0) is 14.5. The van der Waals surface area contributed by atoms with Crippen LogP contribution in [0, 0.1) is 0 Å². The number of hydrogen-bond donors (Lipinski definition) is 2. The van der Waals surface area contributed by atoms with Gasteiger partial charge in [-0.1, -0.05) is 13.0 Å². The SMILES string of the molecule is CC(CCNC(=O)c1cccc2c1OCCN2)S(C)=O. The summed E-state index contributed by atoms with van der Waals surface area (Å²) in [6.45, 7) is 3.73. The molecule has 1 aromatic carbocycles. The van der Waals surface area contributed by atoms with Gasteiger partial charge in [-0.2, -0.15) is 0 Å². The third-order valence-electron chi connectivity index (χ3n) is 3.33. The van der Waals surface area contributed by atoms with Gasteiger partial charge in [0.15, 0.2) is 5.75 Å². The maximum atomic E-state index is 12.2. The maximum absolute atomic E-state index is 12.2. The highest BCUT2D eigenvalue weighted by atomic mass is 32.2. The fourth-order valence-electron chi connectivity index (χ4n) is 2.00. The van der Waals surface area contributed by atoms with Gasteiger partial charge in [0.05, 0.1) is 11.3 Å². The normalized spacial score (nSPS) is 16.3. The van der Waals surface area contributed by atoms with Crippen LogP contribution in [-0.2, 0) is 10.8 Å². The summed E-state index contributed by atoms with van der Waals surface area (Å²) in [5, 5.41) is 6.14. The lowest BCUT2D eigenvalue weighted by Crippen LogP contribution is -2.29. The van der Waals surface area contributed by atoms with Gasteiger partial charge in [-0.15, -0.1) is 0 Å². The molecule has 0 bridgehead atoms. The number of carbonyl (C=O) groups excluding carboxylic acids is 1. The molecule has 110 valence electrons. The number of ether oxygens (including phenoxy) is 1. The van der Waals surface area contributed by atoms with Crippen molar-refractivity contribution in [3.63, 3.8) is 0 Å². The van der Waals surface area contributed by atoms with Crippen molar-refractivity contribution < 1.29 is 13.7 Å². The van der Waals surface area contributed by atoms with Gasteiger partial charge in [-0.05, 0) is 18.6 Å². The van der Waals surface area contributed by atoms with E-state index >= 15 is 0 Å². The number of nitrogens with one attached hydrogen (secondary N) is 2. The van der Waals surface area contributed by atoms with E-state index in [4.69, 9.17) is 4.74 Å². The van der Waals surface area contributed by atoms with Gasteiger partial charge in [0.25, 0.3) is 5.91 Å². The summed E-state index contributed by atoms with van der Waals surface area (Å²) >= 11 is 0. The Morgan fingerprint density at radius 1 is 1.55 bits per heavy atom. The molecule has 0 spiro atoms. The van der Waals surface area contributed by atoms with Crippen LogP contribution < -0.4 is 15.4 Å². The van der Waals surface area contributed by atoms with Crippen molar-refractivity contribution in [2.75, 3.05) is 31.3 Å². The van der Waals surface area contributed by atoms with Gasteiger partial charge in [0.1, 0.15) is 6.61 Å². The highest BCUT2D eigenvalue weighted by molar-refractivity contribution is 7.84. The standard InChI is InChI=1S/C14H20N2O3S/c1-10(20(2)18)6-7-16-14(17)11-4-3-5-12-13(11)19-9-8-15-12/h3-5,10,15H,6-9H2,1-2H3,(H,16,17). The Labute approximate surface area is 121 Å². The second-order valence-electron chi connectivity index (χ2n) is 4.81. The number of hydrogen-bond acceptors (Lipinski definition) is 4. The number of para-hydroxylation sites is 1. The Balaban J connectivity index is 1.98. The Kier molecular flexibility index (Phi) is 5.00. The number of fused-ring (bicyclic) bond motifs is 1. The van der Waals surface area contributed by atoms with E-state index in [2.05, 4.69) is 10.6 Å². The molecule has 0 fully saturated rings. The summed E-state index contributed by atoms with van der Waals surface area (Å²) in [5.74, 6) is 0.461. The van der Waals surface area contributed by atoms with Gasteiger partial charge >= 0.3 is 0 Å². The topological polar surface area (TPSA) is 67.4 Å². The quantitative estimate of drug-likeness (QED) is 0.861. The van der Waals surface area contributed by atoms with Crippen LogP contribution in [0.25, 0.3) is 0 Å². The van der Waals surface area contributed by atoms with Crippen molar-refractivity contribution in [2.45, 2.75) is 18.6 Å². The minimum Gasteiger partial charge on any atom is -0.489 e. The second kappa shape index (κ2) is 6.74. The van der Waals surface area contributed by atoms with Crippen LogP contribution in [0.4, 0.5) is 5.69 Å². The molecular formula is C14H20N2O3S. The average molecular weight is 296 g/mol. The van der Waals surface area contributed by atoms with Crippen molar-refractivity contribution in [2.24, 2.45) is 0 Å². The summed E-state index contributed by atoms with van der Waals surface area (Å²) in [5.41, 5.74) is 1.40. The molecule has 0 saturated carbocycles. The fraction of sp³-hybridized carbons (Fsp3) is 0.500. The number of rotatable bonds is 5. The highest BCUT2D eigenvalue weighted by Crippen LogP contribution is 2.30. The zero-order valence-corrected chi connectivity index (χ0v) is 12.6. The van der Waals surface area contributed by atoms with E-state index in [-0.39, 0.29) is 11.2 Å². The first-order valence-electron chi connectivity index (χ1n) is 6.69. The smallest absolute Gasteiger partial charge is 0.255 e. The zero-order valence-electron chi connectivity index (χ0n) is 11.8. The predicted octanol–water partition coefficient (Wildman–Crippen LogP) is 1.38. The van der Waals surface area contributed by atoms with E-state index in [0.717, 1.165) is 12.2 Å². The average Bonchev–Trinajstić information content (AvgIpc) is 2.46. The number of benzene rings is 1. The van der Waals surface area contributed by atoms with Gasteiger partial charge in [0, 0.05) is 35.4 Å². The van der Waals surface area contributed by atoms with Crippen molar-refractivity contribution in [1.29, 1.82) is 0 Å². The number of carbonyl (C=O) groups is 1. The van der Waals surface area contributed by atoms with Crippen molar-refractivity contribution in [1.82, 2.24) is 5.32 Å². The summed E-state index contributed by atoms with van der Waals surface area (Å²) in [6.07, 6.45) is 2.38. The van der Waals surface area contributed by atoms with E-state index in [0.29, 0.717) is 30.9 Å². The highest BCUT2D eigenvalue weighted by Gasteiger charge is 2.18. The molecule has 0 saturated heterocycles. The van der Waals surface area contributed by atoms with Crippen molar-refractivity contribution >= 4 is 22.4 Å². The predicted molar refractivity (Wildman–Crippen MR) is 80.9 cm³/mol. The van der Waals surface area contributed by atoms with Gasteiger partial charge in [0.2, 0.25) is 0 Å². The molecule has 0 aliphatic carbocycles. The molecular weight excluding hydrogens is 276 g/mol. The monoisotopic (exact) mass is 296 g/mol. The number of anilines is 1. The lowest BCUT2D eigenvalue weighted by atomic mass is 10.1. The molecule has 2 unspecified atom stereocenters. The molecule has 1 aliphatic heterocycles. The molecule has 1 aromatic rings. The first kappa shape index (κ1) is 14.8. The van der Waals surface area contributed by atoms with Gasteiger partial charge in [-0.3, -0.25) is 9.00 Å². The molecule has 5 nitrogen and oxygen atoms in total. The molecule has 2 rings (SSSR count). The minimum absolute atomic E-state index is 0.0814. The molecule has 1 aliphatic rings. The Bertz CT molecular complexity index is 519. The van der Waals surface area contributed by atoms with Gasteiger partial charge < -0.3 is 15.4 Å². The van der Waals surface area contributed by atoms with Crippen LogP contribution in [0.3, 0.4) is 0 Å². The largest absolute Gasteiger partial charge is 0.489 e. The van der Waals surface area contributed by atoms with E-state index in [9.17, 15) is 9.00 Å². The summed E-state index contributed by atoms with van der Waals surface area (Å²) in [7, 11) is -0.857. The molecule has 1 heterocycles. The Morgan fingerprint density at radius 3 is 3.10 bits per heavy atom. The van der Waals surface area contributed by atoms with E-state index in [1.54, 1.807) is 12.3 Å². The first-order chi connectivity index (χ1) is 9.59. The minimum atomic E-state index is -0.857. The van der Waals surface area contributed by atoms with E-state index < -0.39 is 10.8 Å². The van der Waals surface area contributed by atoms with Crippen LogP contribution in [-0.4, -0.2) is 41.3 Å².